The molecule has 1 aliphatic heterocycles. The number of hydrogen-bond donors (Lipinski definition) is 0. The number of carbonyl (C=O) groups excluding carboxylic acids is 2. The van der Waals surface area contributed by atoms with Gasteiger partial charge in [0.2, 0.25) is 0 Å². The van der Waals surface area contributed by atoms with Crippen molar-refractivity contribution in [1.29, 1.82) is 0 Å². The van der Waals surface area contributed by atoms with Crippen LogP contribution in [0.2, 0.25) is 0 Å². The van der Waals surface area contributed by atoms with E-state index < -0.39 is 12.6 Å². The van der Waals surface area contributed by atoms with E-state index in [4.69, 9.17) is 4.74 Å². The smallest absolute Gasteiger partial charge is 0.337 e. The van der Waals surface area contributed by atoms with Gasteiger partial charge in [-0.05, 0) is 43.5 Å². The number of likely N-dealkylation sites (tertiary alicyclic amines) is 1. The summed E-state index contributed by atoms with van der Waals surface area (Å²) in [6.45, 7) is 1.80. The fraction of sp³-hybridized carbons (Fsp3) is 0.389. The van der Waals surface area contributed by atoms with E-state index in [0.29, 0.717) is 12.1 Å². The lowest BCUT2D eigenvalue weighted by Gasteiger charge is -2.23. The molecule has 1 aliphatic rings. The first-order valence-electron chi connectivity index (χ1n) is 8.04. The number of nitrogens with zero attached hydrogens (tertiary/aromatic N) is 2. The molecule has 25 heavy (non-hydrogen) atoms. The molecule has 1 saturated heterocycles. The Hall–Kier alpha value is -2.28. The zero-order valence-corrected chi connectivity index (χ0v) is 14.9. The highest BCUT2D eigenvalue weighted by Crippen LogP contribution is 2.35. The van der Waals surface area contributed by atoms with Crippen LogP contribution in [0.4, 0.5) is 4.39 Å². The lowest BCUT2D eigenvalue weighted by Crippen LogP contribution is -2.30. The Bertz CT molecular complexity index is 805. The van der Waals surface area contributed by atoms with Crippen LogP contribution < -0.4 is 0 Å². The quantitative estimate of drug-likeness (QED) is 0.779. The van der Waals surface area contributed by atoms with Crippen LogP contribution in [0.25, 0.3) is 0 Å². The number of aromatic nitrogens is 1. The fourth-order valence-corrected chi connectivity index (χ4v) is 4.03. The molecule has 2 aromatic rings. The van der Waals surface area contributed by atoms with Gasteiger partial charge in [-0.15, -0.1) is 11.3 Å². The van der Waals surface area contributed by atoms with Crippen molar-refractivity contribution in [2.75, 3.05) is 13.7 Å². The molecule has 0 N–H and O–H groups in total. The number of halogens is 1. The van der Waals surface area contributed by atoms with E-state index in [1.165, 1.54) is 25.3 Å². The molecule has 0 spiro atoms. The molecule has 1 atom stereocenters. The fourth-order valence-electron chi connectivity index (χ4n) is 3.09. The Balaban J connectivity index is 1.92. The number of thiazole rings is 1. The van der Waals surface area contributed by atoms with Crippen molar-refractivity contribution in [3.8, 4) is 0 Å². The van der Waals surface area contributed by atoms with Gasteiger partial charge < -0.3 is 9.64 Å². The largest absolute Gasteiger partial charge is 0.465 e. The van der Waals surface area contributed by atoms with E-state index in [2.05, 4.69) is 4.98 Å². The summed E-state index contributed by atoms with van der Waals surface area (Å²) in [6.07, 6.45) is 1.74. The molecule has 0 unspecified atom stereocenters. The normalized spacial score (nSPS) is 16.9. The van der Waals surface area contributed by atoms with Gasteiger partial charge in [-0.2, -0.15) is 0 Å². The monoisotopic (exact) mass is 362 g/mol. The van der Waals surface area contributed by atoms with Crippen molar-refractivity contribution in [3.05, 3.63) is 51.0 Å². The number of rotatable bonds is 4. The van der Waals surface area contributed by atoms with Crippen LogP contribution in [-0.4, -0.2) is 35.4 Å². The number of amides is 1. The zero-order valence-electron chi connectivity index (χ0n) is 14.1. The topological polar surface area (TPSA) is 59.5 Å². The molecule has 1 amide bonds. The van der Waals surface area contributed by atoms with E-state index in [0.717, 1.165) is 23.5 Å². The van der Waals surface area contributed by atoms with Crippen molar-refractivity contribution in [2.45, 2.75) is 32.5 Å². The standard InChI is InChI=1S/C18H19FN2O3S/c1-11-10-25-16(20-11)15-4-3-5-21(15)17(22)13-6-12(9-19)7-14(8-13)18(23)24-2/h6-8,10,15H,3-5,9H2,1-2H3/t15-/m1/s1. The van der Waals surface area contributed by atoms with E-state index >= 15 is 0 Å². The summed E-state index contributed by atoms with van der Waals surface area (Å²) >= 11 is 1.54. The summed E-state index contributed by atoms with van der Waals surface area (Å²) in [7, 11) is 1.26. The second-order valence-corrected chi connectivity index (χ2v) is 6.92. The van der Waals surface area contributed by atoms with Crippen molar-refractivity contribution in [2.24, 2.45) is 0 Å². The second kappa shape index (κ2) is 7.31. The number of methoxy groups -OCH3 is 1. The van der Waals surface area contributed by atoms with Gasteiger partial charge in [-0.3, -0.25) is 4.79 Å². The van der Waals surface area contributed by atoms with Crippen LogP contribution in [0.3, 0.4) is 0 Å². The first kappa shape index (κ1) is 17.5. The number of hydrogen-bond acceptors (Lipinski definition) is 5. The number of benzene rings is 1. The van der Waals surface area contributed by atoms with Crippen molar-refractivity contribution in [1.82, 2.24) is 9.88 Å². The molecule has 1 aromatic carbocycles. The lowest BCUT2D eigenvalue weighted by molar-refractivity contribution is 0.0600. The van der Waals surface area contributed by atoms with Crippen molar-refractivity contribution >= 4 is 23.2 Å². The summed E-state index contributed by atoms with van der Waals surface area (Å²) in [5, 5.41) is 2.88. The van der Waals surface area contributed by atoms with Gasteiger partial charge in [0.25, 0.3) is 5.91 Å². The average Bonchev–Trinajstić information content (AvgIpc) is 3.28. The molecule has 1 fully saturated rings. The summed E-state index contributed by atoms with van der Waals surface area (Å²) in [6, 6.07) is 4.31. The summed E-state index contributed by atoms with van der Waals surface area (Å²) in [5.41, 5.74) is 1.70. The van der Waals surface area contributed by atoms with E-state index in [1.54, 1.807) is 16.2 Å². The van der Waals surface area contributed by atoms with Gasteiger partial charge >= 0.3 is 5.97 Å². The first-order chi connectivity index (χ1) is 12.0. The van der Waals surface area contributed by atoms with Crippen LogP contribution in [0.1, 0.15) is 55.9 Å². The predicted molar refractivity (Wildman–Crippen MR) is 92.5 cm³/mol. The molecule has 0 aliphatic carbocycles. The van der Waals surface area contributed by atoms with Crippen molar-refractivity contribution < 1.29 is 18.7 Å². The van der Waals surface area contributed by atoms with E-state index in [1.807, 2.05) is 12.3 Å². The van der Waals surface area contributed by atoms with Crippen LogP contribution in [-0.2, 0) is 11.4 Å². The Morgan fingerprint density at radius 1 is 1.36 bits per heavy atom. The van der Waals surface area contributed by atoms with Crippen LogP contribution in [0, 0.1) is 6.92 Å². The van der Waals surface area contributed by atoms with Crippen LogP contribution in [0.5, 0.6) is 0 Å². The van der Waals surface area contributed by atoms with E-state index in [-0.39, 0.29) is 23.1 Å². The summed E-state index contributed by atoms with van der Waals surface area (Å²) in [5.74, 6) is -0.798. The third-order valence-electron chi connectivity index (χ3n) is 4.25. The first-order valence-corrected chi connectivity index (χ1v) is 8.92. The minimum Gasteiger partial charge on any atom is -0.465 e. The highest BCUT2D eigenvalue weighted by atomic mass is 32.1. The second-order valence-electron chi connectivity index (χ2n) is 6.03. The van der Waals surface area contributed by atoms with E-state index in [9.17, 15) is 14.0 Å². The van der Waals surface area contributed by atoms with Gasteiger partial charge in [0, 0.05) is 23.2 Å². The number of carbonyl (C=O) groups is 2. The molecule has 1 aromatic heterocycles. The minimum atomic E-state index is -0.750. The van der Waals surface area contributed by atoms with Crippen LogP contribution in [0.15, 0.2) is 23.6 Å². The highest BCUT2D eigenvalue weighted by Gasteiger charge is 2.32. The third kappa shape index (κ3) is 3.56. The third-order valence-corrected chi connectivity index (χ3v) is 5.31. The number of ether oxygens (including phenoxy) is 1. The molecule has 0 saturated carbocycles. The lowest BCUT2D eigenvalue weighted by atomic mass is 10.0. The van der Waals surface area contributed by atoms with Gasteiger partial charge in [0.05, 0.1) is 18.7 Å². The number of esters is 1. The van der Waals surface area contributed by atoms with Gasteiger partial charge in [-0.25, -0.2) is 14.2 Å². The van der Waals surface area contributed by atoms with Gasteiger partial charge in [0.15, 0.2) is 0 Å². The maximum Gasteiger partial charge on any atom is 0.337 e. The average molecular weight is 362 g/mol. The van der Waals surface area contributed by atoms with Gasteiger partial charge in [0.1, 0.15) is 11.7 Å². The molecule has 3 rings (SSSR count). The molecular weight excluding hydrogens is 343 g/mol. The molecule has 5 nitrogen and oxygen atoms in total. The molecule has 0 bridgehead atoms. The summed E-state index contributed by atoms with van der Waals surface area (Å²) in [4.78, 5) is 31.0. The Labute approximate surface area is 149 Å². The minimum absolute atomic E-state index is 0.0678. The SMILES string of the molecule is COC(=O)c1cc(CF)cc(C(=O)N2CCC[C@@H]2c2nc(C)cs2)c1. The maximum absolute atomic E-state index is 13.2. The molecule has 7 heteroatoms. The maximum atomic E-state index is 13.2. The number of aryl methyl sites for hydroxylation is 1. The highest BCUT2D eigenvalue weighted by molar-refractivity contribution is 7.09. The van der Waals surface area contributed by atoms with Gasteiger partial charge in [-0.1, -0.05) is 0 Å². The van der Waals surface area contributed by atoms with Crippen LogP contribution >= 0.6 is 11.3 Å². The molecular formula is C18H19FN2O3S. The zero-order chi connectivity index (χ0) is 18.0. The Morgan fingerprint density at radius 2 is 2.12 bits per heavy atom. The summed E-state index contributed by atoms with van der Waals surface area (Å²) < 4.78 is 17.8. The Kier molecular flexibility index (Phi) is 5.13. The molecule has 132 valence electrons. The molecule has 2 heterocycles. The molecule has 0 radical (unpaired) electrons. The van der Waals surface area contributed by atoms with Crippen molar-refractivity contribution in [3.63, 3.8) is 0 Å². The number of alkyl halides is 1. The predicted octanol–water partition coefficient (Wildman–Crippen LogP) is 3.68. The Morgan fingerprint density at radius 3 is 2.76 bits per heavy atom.